The molecule has 38 heavy (non-hydrogen) atoms. The molecular weight excluding hydrogens is 478 g/mol. The molecule has 2 amide bonds. The molecular formula is C31H29N3O4. The van der Waals surface area contributed by atoms with E-state index in [9.17, 15) is 14.4 Å². The van der Waals surface area contributed by atoms with Crippen molar-refractivity contribution in [3.8, 4) is 0 Å². The highest BCUT2D eigenvalue weighted by atomic mass is 16.5. The zero-order chi connectivity index (χ0) is 26.6. The van der Waals surface area contributed by atoms with Gasteiger partial charge in [0.05, 0.1) is 6.04 Å². The van der Waals surface area contributed by atoms with Crippen LogP contribution in [-0.4, -0.2) is 41.5 Å². The number of ether oxygens (including phenoxy) is 1. The summed E-state index contributed by atoms with van der Waals surface area (Å²) in [7, 11) is 0. The number of nitrogens with zero attached hydrogens (tertiary/aromatic N) is 1. The highest BCUT2D eigenvalue weighted by Crippen LogP contribution is 2.10. The Morgan fingerprint density at radius 3 is 1.74 bits per heavy atom. The van der Waals surface area contributed by atoms with Gasteiger partial charge in [-0.15, -0.1) is 0 Å². The van der Waals surface area contributed by atoms with Gasteiger partial charge in [-0.2, -0.15) is 0 Å². The highest BCUT2D eigenvalue weighted by molar-refractivity contribution is 5.96. The zero-order valence-corrected chi connectivity index (χ0v) is 20.8. The first-order valence-electron chi connectivity index (χ1n) is 12.4. The maximum absolute atomic E-state index is 13.3. The molecule has 0 aliphatic rings. The van der Waals surface area contributed by atoms with E-state index < -0.39 is 24.0 Å². The zero-order valence-electron chi connectivity index (χ0n) is 20.8. The van der Waals surface area contributed by atoms with Gasteiger partial charge in [0.2, 0.25) is 0 Å². The van der Waals surface area contributed by atoms with E-state index in [1.54, 1.807) is 36.4 Å². The quantitative estimate of drug-likeness (QED) is 0.299. The van der Waals surface area contributed by atoms with Gasteiger partial charge in [-0.3, -0.25) is 14.6 Å². The predicted molar refractivity (Wildman–Crippen MR) is 144 cm³/mol. The fraction of sp³-hybridized carbons (Fsp3) is 0.161. The van der Waals surface area contributed by atoms with E-state index in [0.717, 1.165) is 11.1 Å². The van der Waals surface area contributed by atoms with Gasteiger partial charge < -0.3 is 15.4 Å². The molecule has 1 heterocycles. The van der Waals surface area contributed by atoms with E-state index in [4.69, 9.17) is 4.74 Å². The lowest BCUT2D eigenvalue weighted by molar-refractivity contribution is -0.146. The molecule has 0 radical (unpaired) electrons. The average molecular weight is 508 g/mol. The molecule has 4 rings (SSSR count). The van der Waals surface area contributed by atoms with Crippen LogP contribution >= 0.6 is 0 Å². The number of benzene rings is 3. The minimum Gasteiger partial charge on any atom is -0.462 e. The average Bonchev–Trinajstić information content (AvgIpc) is 2.97. The Hall–Kier alpha value is -4.78. The summed E-state index contributed by atoms with van der Waals surface area (Å²) in [6, 6.07) is 29.7. The Balaban J connectivity index is 1.47. The molecule has 0 bridgehead atoms. The molecule has 0 aliphatic carbocycles. The van der Waals surface area contributed by atoms with Gasteiger partial charge in [-0.25, -0.2) is 4.79 Å². The minimum atomic E-state index is -0.916. The van der Waals surface area contributed by atoms with E-state index in [1.165, 1.54) is 12.4 Å². The summed E-state index contributed by atoms with van der Waals surface area (Å²) in [6.07, 6.45) is 3.77. The molecule has 4 aromatic rings. The van der Waals surface area contributed by atoms with Crippen molar-refractivity contribution in [2.45, 2.75) is 24.9 Å². The number of nitrogens with one attached hydrogen (secondary N) is 2. The van der Waals surface area contributed by atoms with Crippen LogP contribution in [-0.2, 0) is 22.4 Å². The van der Waals surface area contributed by atoms with Crippen LogP contribution in [0, 0.1) is 0 Å². The van der Waals surface area contributed by atoms with Gasteiger partial charge in [0, 0.05) is 29.9 Å². The molecule has 0 saturated heterocycles. The summed E-state index contributed by atoms with van der Waals surface area (Å²) in [5.74, 6) is -1.24. The van der Waals surface area contributed by atoms with Crippen LogP contribution in [0.4, 0.5) is 0 Å². The van der Waals surface area contributed by atoms with E-state index in [0.29, 0.717) is 17.5 Å². The summed E-state index contributed by atoms with van der Waals surface area (Å²) in [5.41, 5.74) is 2.78. The molecule has 0 saturated carbocycles. The van der Waals surface area contributed by atoms with Crippen molar-refractivity contribution in [3.63, 3.8) is 0 Å². The van der Waals surface area contributed by atoms with E-state index in [2.05, 4.69) is 15.6 Å². The highest BCUT2D eigenvalue weighted by Gasteiger charge is 2.25. The van der Waals surface area contributed by atoms with Crippen molar-refractivity contribution in [3.05, 3.63) is 138 Å². The van der Waals surface area contributed by atoms with E-state index in [-0.39, 0.29) is 18.9 Å². The lowest BCUT2D eigenvalue weighted by atomic mass is 10.0. The van der Waals surface area contributed by atoms with Gasteiger partial charge >= 0.3 is 5.97 Å². The Bertz CT molecular complexity index is 1320. The van der Waals surface area contributed by atoms with Crippen LogP contribution in [0.2, 0.25) is 0 Å². The first kappa shape index (κ1) is 26.3. The number of carbonyl (C=O) groups is 3. The molecule has 7 nitrogen and oxygen atoms in total. The Morgan fingerprint density at radius 1 is 0.632 bits per heavy atom. The van der Waals surface area contributed by atoms with Crippen LogP contribution in [0.3, 0.4) is 0 Å². The molecule has 2 N–H and O–H groups in total. The lowest BCUT2D eigenvalue weighted by Crippen LogP contribution is -2.46. The van der Waals surface area contributed by atoms with Crippen LogP contribution in [0.25, 0.3) is 0 Å². The van der Waals surface area contributed by atoms with Crippen molar-refractivity contribution in [1.29, 1.82) is 0 Å². The predicted octanol–water partition coefficient (Wildman–Crippen LogP) is 4.01. The van der Waals surface area contributed by atoms with E-state index in [1.807, 2.05) is 66.7 Å². The third-order valence-electron chi connectivity index (χ3n) is 5.94. The summed E-state index contributed by atoms with van der Waals surface area (Å²) >= 11 is 0. The van der Waals surface area contributed by atoms with Crippen molar-refractivity contribution >= 4 is 17.8 Å². The van der Waals surface area contributed by atoms with Gasteiger partial charge in [0.15, 0.2) is 0 Å². The molecule has 0 spiro atoms. The second kappa shape index (κ2) is 13.5. The Kier molecular flexibility index (Phi) is 9.34. The van der Waals surface area contributed by atoms with Gasteiger partial charge in [0.1, 0.15) is 12.6 Å². The molecule has 7 heteroatoms. The second-order valence-electron chi connectivity index (χ2n) is 8.81. The largest absolute Gasteiger partial charge is 0.462 e. The SMILES string of the molecule is O=C(N[C@@H](COC(=O)[C@H](Cc1ccccc1)NC(=O)c1ccncc1)Cc1ccccc1)c1ccccc1. The van der Waals surface area contributed by atoms with Crippen molar-refractivity contribution in [2.75, 3.05) is 6.61 Å². The van der Waals surface area contributed by atoms with E-state index >= 15 is 0 Å². The van der Waals surface area contributed by atoms with Crippen molar-refractivity contribution in [1.82, 2.24) is 15.6 Å². The standard InChI is InChI=1S/C31H29N3O4/c35-29(25-14-8-3-9-15-25)33-27(20-23-10-4-1-5-11-23)22-38-31(37)28(21-24-12-6-2-7-13-24)34-30(36)26-16-18-32-19-17-26/h1-19,27-28H,20-22H2,(H,33,35)(H,34,36)/t27-,28+/m1/s1. The normalized spacial score (nSPS) is 12.1. The first-order chi connectivity index (χ1) is 18.6. The number of esters is 1. The van der Waals surface area contributed by atoms with Gasteiger partial charge in [-0.1, -0.05) is 78.9 Å². The monoisotopic (exact) mass is 507 g/mol. The number of carbonyl (C=O) groups excluding carboxylic acids is 3. The maximum atomic E-state index is 13.3. The number of amides is 2. The molecule has 1 aromatic heterocycles. The topological polar surface area (TPSA) is 97.4 Å². The lowest BCUT2D eigenvalue weighted by Gasteiger charge is -2.22. The smallest absolute Gasteiger partial charge is 0.329 e. The van der Waals surface area contributed by atoms with Gasteiger partial charge in [-0.05, 0) is 41.8 Å². The number of aromatic nitrogens is 1. The molecule has 0 aliphatic heterocycles. The maximum Gasteiger partial charge on any atom is 0.329 e. The molecule has 2 atom stereocenters. The Morgan fingerprint density at radius 2 is 1.13 bits per heavy atom. The number of pyridine rings is 1. The second-order valence-corrected chi connectivity index (χ2v) is 8.81. The summed E-state index contributed by atoms with van der Waals surface area (Å²) < 4.78 is 5.70. The third kappa shape index (κ3) is 7.86. The molecule has 0 unspecified atom stereocenters. The minimum absolute atomic E-state index is 0.0529. The first-order valence-corrected chi connectivity index (χ1v) is 12.4. The number of rotatable bonds is 11. The van der Waals surface area contributed by atoms with Crippen LogP contribution in [0.1, 0.15) is 31.8 Å². The molecule has 3 aromatic carbocycles. The molecule has 192 valence electrons. The number of hydrogen-bond donors (Lipinski definition) is 2. The summed E-state index contributed by atoms with van der Waals surface area (Å²) in [4.78, 5) is 42.9. The fourth-order valence-electron chi connectivity index (χ4n) is 3.98. The van der Waals surface area contributed by atoms with Crippen molar-refractivity contribution < 1.29 is 19.1 Å². The third-order valence-corrected chi connectivity index (χ3v) is 5.94. The van der Waals surface area contributed by atoms with Gasteiger partial charge in [0.25, 0.3) is 11.8 Å². The molecule has 0 fully saturated rings. The van der Waals surface area contributed by atoms with Crippen LogP contribution < -0.4 is 10.6 Å². The fourth-order valence-corrected chi connectivity index (χ4v) is 3.98. The van der Waals surface area contributed by atoms with Crippen LogP contribution in [0.15, 0.2) is 116 Å². The van der Waals surface area contributed by atoms with Crippen molar-refractivity contribution in [2.24, 2.45) is 0 Å². The summed E-state index contributed by atoms with van der Waals surface area (Å²) in [5, 5.41) is 5.77. The van der Waals surface area contributed by atoms with Crippen LogP contribution in [0.5, 0.6) is 0 Å². The number of hydrogen-bond acceptors (Lipinski definition) is 5. The summed E-state index contributed by atoms with van der Waals surface area (Å²) in [6.45, 7) is -0.0529. The Labute approximate surface area is 221 Å².